The van der Waals surface area contributed by atoms with Crippen molar-refractivity contribution in [2.45, 2.75) is 51.0 Å². The molecule has 2 N–H and O–H groups in total. The van der Waals surface area contributed by atoms with Gasteiger partial charge in [-0.2, -0.15) is 5.10 Å². The molecule has 2 aromatic rings. The number of rotatable bonds is 5. The third-order valence-electron chi connectivity index (χ3n) is 5.27. The standard InChI is InChI=1S/C20H25N3O3/c1-25-18-8-4-5-13-11-14(12-26-20(13)18)21-19(24)10-9-17-15-6-2-3-7-16(15)22-23-17/h4-5,8,14H,2-3,6-7,9-12H2,1H3,(H,21,24)(H,22,23). The van der Waals surface area contributed by atoms with E-state index in [-0.39, 0.29) is 11.9 Å². The third kappa shape index (κ3) is 3.41. The normalized spacial score (nSPS) is 18.4. The number of carbonyl (C=O) groups excluding carboxylic acids is 1. The zero-order valence-electron chi connectivity index (χ0n) is 15.1. The number of methoxy groups -OCH3 is 1. The van der Waals surface area contributed by atoms with Gasteiger partial charge in [-0.1, -0.05) is 12.1 Å². The summed E-state index contributed by atoms with van der Waals surface area (Å²) in [4.78, 5) is 12.4. The van der Waals surface area contributed by atoms with Gasteiger partial charge in [-0.05, 0) is 43.7 Å². The molecule has 1 aliphatic carbocycles. The van der Waals surface area contributed by atoms with Gasteiger partial charge >= 0.3 is 0 Å². The Morgan fingerprint density at radius 2 is 2.27 bits per heavy atom. The summed E-state index contributed by atoms with van der Waals surface area (Å²) in [5.41, 5.74) is 4.73. The second kappa shape index (κ2) is 7.40. The summed E-state index contributed by atoms with van der Waals surface area (Å²) in [5.74, 6) is 1.59. The molecular formula is C20H25N3O3. The minimum atomic E-state index is -0.00444. The van der Waals surface area contributed by atoms with Gasteiger partial charge in [-0.15, -0.1) is 0 Å². The van der Waals surface area contributed by atoms with Gasteiger partial charge < -0.3 is 14.8 Å². The molecule has 1 aromatic carbocycles. The predicted molar refractivity (Wildman–Crippen MR) is 97.7 cm³/mol. The smallest absolute Gasteiger partial charge is 0.220 e. The van der Waals surface area contributed by atoms with Crippen molar-refractivity contribution in [2.75, 3.05) is 13.7 Å². The van der Waals surface area contributed by atoms with Crippen LogP contribution in [0.1, 0.15) is 41.8 Å². The van der Waals surface area contributed by atoms with Crippen molar-refractivity contribution in [2.24, 2.45) is 0 Å². The van der Waals surface area contributed by atoms with E-state index in [4.69, 9.17) is 9.47 Å². The number of amides is 1. The van der Waals surface area contributed by atoms with Crippen molar-refractivity contribution in [1.82, 2.24) is 15.5 Å². The van der Waals surface area contributed by atoms with E-state index in [1.165, 1.54) is 24.1 Å². The van der Waals surface area contributed by atoms with Crippen molar-refractivity contribution in [3.63, 3.8) is 0 Å². The van der Waals surface area contributed by atoms with Crippen molar-refractivity contribution in [3.8, 4) is 11.5 Å². The molecule has 1 amide bonds. The highest BCUT2D eigenvalue weighted by Gasteiger charge is 2.24. The predicted octanol–water partition coefficient (Wildman–Crippen LogP) is 2.35. The number of aromatic nitrogens is 2. The number of aryl methyl sites for hydroxylation is 2. The first-order chi connectivity index (χ1) is 12.7. The number of ether oxygens (including phenoxy) is 2. The fraction of sp³-hybridized carbons (Fsp3) is 0.500. The van der Waals surface area contributed by atoms with Crippen LogP contribution in [0.2, 0.25) is 0 Å². The monoisotopic (exact) mass is 355 g/mol. The van der Waals surface area contributed by atoms with Crippen LogP contribution in [0.4, 0.5) is 0 Å². The number of hydrogen-bond donors (Lipinski definition) is 2. The average molecular weight is 355 g/mol. The van der Waals surface area contributed by atoms with E-state index in [0.717, 1.165) is 42.0 Å². The lowest BCUT2D eigenvalue weighted by Gasteiger charge is -2.27. The fourth-order valence-corrected chi connectivity index (χ4v) is 3.94. The van der Waals surface area contributed by atoms with E-state index in [1.54, 1.807) is 7.11 Å². The van der Waals surface area contributed by atoms with Gasteiger partial charge in [0.1, 0.15) is 6.61 Å². The molecule has 2 aliphatic rings. The van der Waals surface area contributed by atoms with Crippen LogP contribution in [0, 0.1) is 0 Å². The van der Waals surface area contributed by atoms with Gasteiger partial charge in [0, 0.05) is 24.1 Å². The lowest BCUT2D eigenvalue weighted by Crippen LogP contribution is -2.42. The molecule has 0 saturated heterocycles. The lowest BCUT2D eigenvalue weighted by atomic mass is 9.94. The topological polar surface area (TPSA) is 76.2 Å². The Kier molecular flexibility index (Phi) is 4.82. The van der Waals surface area contributed by atoms with E-state index in [9.17, 15) is 4.79 Å². The Hall–Kier alpha value is -2.50. The number of nitrogens with zero attached hydrogens (tertiary/aromatic N) is 1. The number of para-hydroxylation sites is 1. The zero-order valence-corrected chi connectivity index (χ0v) is 15.1. The molecule has 1 aliphatic heterocycles. The van der Waals surface area contributed by atoms with E-state index < -0.39 is 0 Å². The minimum Gasteiger partial charge on any atom is -0.493 e. The summed E-state index contributed by atoms with van der Waals surface area (Å²) >= 11 is 0. The van der Waals surface area contributed by atoms with Gasteiger partial charge in [-0.25, -0.2) is 0 Å². The molecule has 4 rings (SSSR count). The van der Waals surface area contributed by atoms with Crippen LogP contribution in [-0.4, -0.2) is 35.9 Å². The largest absolute Gasteiger partial charge is 0.493 e. The number of H-pyrrole nitrogens is 1. The van der Waals surface area contributed by atoms with Crippen LogP contribution in [0.25, 0.3) is 0 Å². The summed E-state index contributed by atoms with van der Waals surface area (Å²) in [6, 6.07) is 5.86. The van der Waals surface area contributed by atoms with Crippen LogP contribution in [0.3, 0.4) is 0 Å². The summed E-state index contributed by atoms with van der Waals surface area (Å²) in [7, 11) is 1.64. The highest BCUT2D eigenvalue weighted by molar-refractivity contribution is 5.76. The SMILES string of the molecule is COc1cccc2c1OCC(NC(=O)CCc1n[nH]c3c1CCCC3)C2. The van der Waals surface area contributed by atoms with Gasteiger partial charge in [0.15, 0.2) is 11.5 Å². The second-order valence-corrected chi connectivity index (χ2v) is 7.06. The fourth-order valence-electron chi connectivity index (χ4n) is 3.94. The third-order valence-corrected chi connectivity index (χ3v) is 5.27. The molecule has 6 heteroatoms. The zero-order chi connectivity index (χ0) is 17.9. The quantitative estimate of drug-likeness (QED) is 0.863. The average Bonchev–Trinajstić information content (AvgIpc) is 3.09. The van der Waals surface area contributed by atoms with Gasteiger partial charge in [0.2, 0.25) is 5.91 Å². The number of fused-ring (bicyclic) bond motifs is 2. The van der Waals surface area contributed by atoms with Crippen molar-refractivity contribution in [3.05, 3.63) is 40.7 Å². The van der Waals surface area contributed by atoms with E-state index in [0.29, 0.717) is 19.4 Å². The van der Waals surface area contributed by atoms with Crippen LogP contribution < -0.4 is 14.8 Å². The van der Waals surface area contributed by atoms with Crippen LogP contribution in [0.15, 0.2) is 18.2 Å². The molecule has 1 atom stereocenters. The molecule has 0 spiro atoms. The first kappa shape index (κ1) is 16.9. The molecule has 0 bridgehead atoms. The number of aromatic amines is 1. The second-order valence-electron chi connectivity index (χ2n) is 7.06. The Labute approximate surface area is 153 Å². The summed E-state index contributed by atoms with van der Waals surface area (Å²) in [6.07, 6.45) is 6.51. The molecule has 1 aromatic heterocycles. The number of nitrogens with one attached hydrogen (secondary N) is 2. The van der Waals surface area contributed by atoms with E-state index in [1.807, 2.05) is 18.2 Å². The molecule has 6 nitrogen and oxygen atoms in total. The Morgan fingerprint density at radius 1 is 1.38 bits per heavy atom. The highest BCUT2D eigenvalue weighted by Crippen LogP contribution is 2.34. The highest BCUT2D eigenvalue weighted by atomic mass is 16.5. The summed E-state index contributed by atoms with van der Waals surface area (Å²) < 4.78 is 11.2. The van der Waals surface area contributed by atoms with Gasteiger partial charge in [0.25, 0.3) is 0 Å². The molecule has 0 saturated carbocycles. The Balaban J connectivity index is 1.32. The maximum Gasteiger partial charge on any atom is 0.220 e. The summed E-state index contributed by atoms with van der Waals surface area (Å²) in [5, 5.41) is 10.7. The molecule has 1 unspecified atom stereocenters. The number of carbonyl (C=O) groups is 1. The lowest BCUT2D eigenvalue weighted by molar-refractivity contribution is -0.122. The summed E-state index contributed by atoms with van der Waals surface area (Å²) in [6.45, 7) is 0.469. The molecular weight excluding hydrogens is 330 g/mol. The Morgan fingerprint density at radius 3 is 3.15 bits per heavy atom. The number of benzene rings is 1. The first-order valence-corrected chi connectivity index (χ1v) is 9.37. The number of hydrogen-bond acceptors (Lipinski definition) is 4. The van der Waals surface area contributed by atoms with Crippen LogP contribution in [-0.2, 0) is 30.5 Å². The van der Waals surface area contributed by atoms with Gasteiger partial charge in [0.05, 0.1) is 18.8 Å². The molecule has 26 heavy (non-hydrogen) atoms. The molecule has 0 radical (unpaired) electrons. The maximum absolute atomic E-state index is 12.4. The maximum atomic E-state index is 12.4. The first-order valence-electron chi connectivity index (χ1n) is 9.37. The van der Waals surface area contributed by atoms with Crippen molar-refractivity contribution in [1.29, 1.82) is 0 Å². The van der Waals surface area contributed by atoms with Gasteiger partial charge in [-0.3, -0.25) is 9.89 Å². The van der Waals surface area contributed by atoms with Crippen molar-refractivity contribution < 1.29 is 14.3 Å². The molecule has 138 valence electrons. The molecule has 2 heterocycles. The van der Waals surface area contributed by atoms with Crippen LogP contribution >= 0.6 is 0 Å². The van der Waals surface area contributed by atoms with Crippen LogP contribution in [0.5, 0.6) is 11.5 Å². The van der Waals surface area contributed by atoms with E-state index in [2.05, 4.69) is 15.5 Å². The minimum absolute atomic E-state index is 0.00444. The Bertz CT molecular complexity index is 800. The van der Waals surface area contributed by atoms with Crippen molar-refractivity contribution >= 4 is 5.91 Å². The van der Waals surface area contributed by atoms with E-state index >= 15 is 0 Å². The molecule has 0 fully saturated rings.